The molecule has 0 radical (unpaired) electrons. The molecule has 0 amide bonds. The molecule has 0 saturated heterocycles. The van der Waals surface area contributed by atoms with Crippen LogP contribution in [0.4, 0.5) is 4.39 Å². The number of alkyl halides is 1. The van der Waals surface area contributed by atoms with Gasteiger partial charge in [-0.2, -0.15) is 0 Å². The van der Waals surface area contributed by atoms with Crippen molar-refractivity contribution in [1.82, 2.24) is 0 Å². The topological polar surface area (TPSA) is 37.3 Å². The monoisotopic (exact) mass is 194 g/mol. The summed E-state index contributed by atoms with van der Waals surface area (Å²) in [4.78, 5) is 10.6. The third-order valence-corrected chi connectivity index (χ3v) is 2.80. The lowest BCUT2D eigenvalue weighted by Gasteiger charge is -2.34. The number of hydrogen-bond donors (Lipinski definition) is 1. The fourth-order valence-electron chi connectivity index (χ4n) is 1.69. The van der Waals surface area contributed by atoms with E-state index in [0.717, 1.165) is 6.42 Å². The minimum absolute atomic E-state index is 0.205. The molecule has 3 heteroatoms. The Morgan fingerprint density at radius 2 is 1.86 bits per heavy atom. The maximum atomic E-state index is 13.8. The van der Waals surface area contributed by atoms with Gasteiger partial charge < -0.3 is 5.11 Å². The van der Waals surface area contributed by atoms with Crippen molar-refractivity contribution in [3.8, 4) is 0 Å². The highest BCUT2D eigenvalue weighted by Gasteiger charge is 2.38. The zero-order valence-electron chi connectivity index (χ0n) is 7.66. The SMILES string of the molecule is O=C(O)c1ccc(C2(F)CCC2)cc1. The van der Waals surface area contributed by atoms with Crippen molar-refractivity contribution in [3.05, 3.63) is 35.4 Å². The first-order valence-corrected chi connectivity index (χ1v) is 4.65. The summed E-state index contributed by atoms with van der Waals surface area (Å²) >= 11 is 0. The van der Waals surface area contributed by atoms with E-state index in [1.165, 1.54) is 12.1 Å². The van der Waals surface area contributed by atoms with Gasteiger partial charge in [0.2, 0.25) is 0 Å². The quantitative estimate of drug-likeness (QED) is 0.785. The molecule has 74 valence electrons. The van der Waals surface area contributed by atoms with E-state index in [4.69, 9.17) is 5.11 Å². The number of aromatic carboxylic acids is 1. The Morgan fingerprint density at radius 3 is 2.21 bits per heavy atom. The molecule has 1 aliphatic carbocycles. The molecule has 1 aromatic rings. The van der Waals surface area contributed by atoms with Gasteiger partial charge in [0, 0.05) is 0 Å². The number of halogens is 1. The summed E-state index contributed by atoms with van der Waals surface area (Å²) < 4.78 is 13.8. The summed E-state index contributed by atoms with van der Waals surface area (Å²) in [6.45, 7) is 0. The minimum Gasteiger partial charge on any atom is -0.478 e. The fraction of sp³-hybridized carbons (Fsp3) is 0.364. The van der Waals surface area contributed by atoms with Crippen LogP contribution >= 0.6 is 0 Å². The third kappa shape index (κ3) is 1.39. The summed E-state index contributed by atoms with van der Waals surface area (Å²) in [7, 11) is 0. The van der Waals surface area contributed by atoms with Crippen molar-refractivity contribution in [2.45, 2.75) is 24.9 Å². The Kier molecular flexibility index (Phi) is 2.02. The van der Waals surface area contributed by atoms with Gasteiger partial charge in [0.15, 0.2) is 0 Å². The van der Waals surface area contributed by atoms with Crippen LogP contribution < -0.4 is 0 Å². The van der Waals surface area contributed by atoms with E-state index in [-0.39, 0.29) is 5.56 Å². The van der Waals surface area contributed by atoms with Crippen LogP contribution in [0.1, 0.15) is 35.2 Å². The molecule has 1 aliphatic rings. The molecule has 14 heavy (non-hydrogen) atoms. The van der Waals surface area contributed by atoms with E-state index >= 15 is 0 Å². The van der Waals surface area contributed by atoms with Gasteiger partial charge in [-0.25, -0.2) is 9.18 Å². The fourth-order valence-corrected chi connectivity index (χ4v) is 1.69. The minimum atomic E-state index is -1.20. The Bertz CT molecular complexity index is 352. The Morgan fingerprint density at radius 1 is 1.29 bits per heavy atom. The molecule has 1 saturated carbocycles. The van der Waals surface area contributed by atoms with Gasteiger partial charge in [0.25, 0.3) is 0 Å². The average Bonchev–Trinajstić information content (AvgIpc) is 2.14. The molecule has 2 rings (SSSR count). The molecule has 1 fully saturated rings. The van der Waals surface area contributed by atoms with Crippen LogP contribution in [-0.4, -0.2) is 11.1 Å². The molecular formula is C11H11FO2. The molecule has 0 heterocycles. The van der Waals surface area contributed by atoms with Crippen molar-refractivity contribution in [2.24, 2.45) is 0 Å². The lowest BCUT2D eigenvalue weighted by atomic mass is 9.77. The molecule has 1 N–H and O–H groups in total. The van der Waals surface area contributed by atoms with Gasteiger partial charge in [-0.15, -0.1) is 0 Å². The first-order chi connectivity index (χ1) is 6.62. The number of carboxylic acids is 1. The molecule has 1 aromatic carbocycles. The highest BCUT2D eigenvalue weighted by Crippen LogP contribution is 2.44. The molecule has 0 aromatic heterocycles. The van der Waals surface area contributed by atoms with Gasteiger partial charge in [-0.1, -0.05) is 12.1 Å². The van der Waals surface area contributed by atoms with E-state index in [1.807, 2.05) is 0 Å². The number of carbonyl (C=O) groups is 1. The second kappa shape index (κ2) is 3.08. The van der Waals surface area contributed by atoms with Gasteiger partial charge in [0.1, 0.15) is 5.67 Å². The Balaban J connectivity index is 2.25. The van der Waals surface area contributed by atoms with Crippen LogP contribution in [0.15, 0.2) is 24.3 Å². The van der Waals surface area contributed by atoms with Crippen LogP contribution in [0, 0.1) is 0 Å². The number of benzene rings is 1. The highest BCUT2D eigenvalue weighted by atomic mass is 19.1. The third-order valence-electron chi connectivity index (χ3n) is 2.80. The van der Waals surface area contributed by atoms with Gasteiger partial charge in [0.05, 0.1) is 5.56 Å². The highest BCUT2D eigenvalue weighted by molar-refractivity contribution is 5.87. The van der Waals surface area contributed by atoms with Crippen molar-refractivity contribution in [3.63, 3.8) is 0 Å². The van der Waals surface area contributed by atoms with Gasteiger partial charge in [-0.05, 0) is 37.0 Å². The standard InChI is InChI=1S/C11H11FO2/c12-11(6-1-7-11)9-4-2-8(3-5-9)10(13)14/h2-5H,1,6-7H2,(H,13,14). The van der Waals surface area contributed by atoms with Crippen LogP contribution in [0.5, 0.6) is 0 Å². The zero-order valence-corrected chi connectivity index (χ0v) is 7.66. The molecule has 0 aliphatic heterocycles. The molecule has 0 bridgehead atoms. The summed E-state index contributed by atoms with van der Waals surface area (Å²) in [5.41, 5.74) is -0.387. The zero-order chi connectivity index (χ0) is 10.2. The van der Waals surface area contributed by atoms with E-state index in [2.05, 4.69) is 0 Å². The number of hydrogen-bond acceptors (Lipinski definition) is 1. The summed E-state index contributed by atoms with van der Waals surface area (Å²) in [5.74, 6) is -0.974. The van der Waals surface area contributed by atoms with E-state index in [0.29, 0.717) is 18.4 Å². The van der Waals surface area contributed by atoms with Crippen molar-refractivity contribution in [2.75, 3.05) is 0 Å². The average molecular weight is 194 g/mol. The molecular weight excluding hydrogens is 183 g/mol. The maximum Gasteiger partial charge on any atom is 0.335 e. The predicted molar refractivity (Wildman–Crippen MR) is 50.0 cm³/mol. The maximum absolute atomic E-state index is 13.8. The van der Waals surface area contributed by atoms with Crippen LogP contribution in [-0.2, 0) is 5.67 Å². The van der Waals surface area contributed by atoms with E-state index in [9.17, 15) is 9.18 Å². The van der Waals surface area contributed by atoms with Crippen molar-refractivity contribution in [1.29, 1.82) is 0 Å². The normalized spacial score (nSPS) is 18.6. The molecule has 0 unspecified atom stereocenters. The van der Waals surface area contributed by atoms with E-state index < -0.39 is 11.6 Å². The Labute approximate surface area is 81.4 Å². The second-order valence-electron chi connectivity index (χ2n) is 3.70. The van der Waals surface area contributed by atoms with Gasteiger partial charge in [-0.3, -0.25) is 0 Å². The summed E-state index contributed by atoms with van der Waals surface area (Å²) in [5, 5.41) is 8.66. The molecule has 0 atom stereocenters. The van der Waals surface area contributed by atoms with Crippen LogP contribution in [0.3, 0.4) is 0 Å². The summed E-state index contributed by atoms with van der Waals surface area (Å²) in [6, 6.07) is 6.06. The Hall–Kier alpha value is -1.38. The van der Waals surface area contributed by atoms with Crippen molar-refractivity contribution >= 4 is 5.97 Å². The first-order valence-electron chi connectivity index (χ1n) is 4.65. The first kappa shape index (κ1) is 9.19. The van der Waals surface area contributed by atoms with Gasteiger partial charge >= 0.3 is 5.97 Å². The smallest absolute Gasteiger partial charge is 0.335 e. The van der Waals surface area contributed by atoms with Crippen LogP contribution in [0.2, 0.25) is 0 Å². The molecule has 0 spiro atoms. The van der Waals surface area contributed by atoms with E-state index in [1.54, 1.807) is 12.1 Å². The number of carboxylic acid groups (broad SMARTS) is 1. The van der Waals surface area contributed by atoms with Crippen molar-refractivity contribution < 1.29 is 14.3 Å². The predicted octanol–water partition coefficient (Wildman–Crippen LogP) is 2.73. The summed E-state index contributed by atoms with van der Waals surface area (Å²) in [6.07, 6.45) is 2.02. The lowest BCUT2D eigenvalue weighted by molar-refractivity contribution is 0.0605. The lowest BCUT2D eigenvalue weighted by Crippen LogP contribution is -2.28. The van der Waals surface area contributed by atoms with Crippen LogP contribution in [0.25, 0.3) is 0 Å². The second-order valence-corrected chi connectivity index (χ2v) is 3.70. The molecule has 2 nitrogen and oxygen atoms in total. The number of rotatable bonds is 2. The largest absolute Gasteiger partial charge is 0.478 e.